The minimum Gasteiger partial charge on any atom is -0.491 e. The summed E-state index contributed by atoms with van der Waals surface area (Å²) in [5.41, 5.74) is 2.25. The molecule has 1 amide bonds. The molecule has 1 heterocycles. The van der Waals surface area contributed by atoms with E-state index in [1.807, 2.05) is 56.3 Å². The quantitative estimate of drug-likeness (QED) is 0.746. The number of likely N-dealkylation sites (tertiary alicyclic amines) is 1. The number of para-hydroxylation sites is 1. The summed E-state index contributed by atoms with van der Waals surface area (Å²) in [7, 11) is 0. The predicted molar refractivity (Wildman–Crippen MR) is 114 cm³/mol. The Morgan fingerprint density at radius 1 is 1.18 bits per heavy atom. The van der Waals surface area contributed by atoms with E-state index in [2.05, 4.69) is 16.3 Å². The van der Waals surface area contributed by atoms with E-state index >= 15 is 0 Å². The van der Waals surface area contributed by atoms with Crippen LogP contribution in [0, 0.1) is 12.8 Å². The van der Waals surface area contributed by atoms with E-state index in [1.165, 1.54) is 0 Å². The van der Waals surface area contributed by atoms with Crippen LogP contribution in [-0.2, 0) is 11.3 Å². The molecule has 0 bridgehead atoms. The summed E-state index contributed by atoms with van der Waals surface area (Å²) in [6.07, 6.45) is 1.75. The number of piperidine rings is 1. The molecule has 2 aromatic carbocycles. The molecule has 28 heavy (non-hydrogen) atoms. The van der Waals surface area contributed by atoms with Crippen LogP contribution >= 0.6 is 11.6 Å². The summed E-state index contributed by atoms with van der Waals surface area (Å²) in [6.45, 7) is 7.16. The molecule has 2 aromatic rings. The van der Waals surface area contributed by atoms with E-state index in [1.54, 1.807) is 0 Å². The fourth-order valence-corrected chi connectivity index (χ4v) is 3.75. The molecule has 1 aliphatic rings. The average Bonchev–Trinajstić information content (AvgIpc) is 2.69. The lowest BCUT2D eigenvalue weighted by atomic mass is 9.95. The van der Waals surface area contributed by atoms with Gasteiger partial charge >= 0.3 is 0 Å². The van der Waals surface area contributed by atoms with Crippen LogP contribution in [0.25, 0.3) is 0 Å². The maximum Gasteiger partial charge on any atom is 0.223 e. The zero-order chi connectivity index (χ0) is 19.9. The van der Waals surface area contributed by atoms with Crippen LogP contribution in [0.15, 0.2) is 48.5 Å². The van der Waals surface area contributed by atoms with Crippen LogP contribution in [0.2, 0.25) is 5.02 Å². The summed E-state index contributed by atoms with van der Waals surface area (Å²) in [5.74, 6) is 1.08. The molecule has 1 fully saturated rings. The van der Waals surface area contributed by atoms with Crippen molar-refractivity contribution in [3.8, 4) is 5.75 Å². The molecule has 1 aliphatic heterocycles. The zero-order valence-electron chi connectivity index (χ0n) is 16.7. The predicted octanol–water partition coefficient (Wildman–Crippen LogP) is 4.44. The molecular weight excluding hydrogens is 372 g/mol. The molecule has 0 spiro atoms. The number of carbonyl (C=O) groups excluding carboxylic acids is 1. The number of ether oxygens (including phenoxy) is 1. The highest BCUT2D eigenvalue weighted by molar-refractivity contribution is 6.31. The minimum atomic E-state index is -0.0201. The van der Waals surface area contributed by atoms with Gasteiger partial charge in [0.1, 0.15) is 12.4 Å². The van der Waals surface area contributed by atoms with E-state index in [0.29, 0.717) is 6.61 Å². The number of benzene rings is 2. The summed E-state index contributed by atoms with van der Waals surface area (Å²) in [6, 6.07) is 15.9. The molecule has 0 radical (unpaired) electrons. The third kappa shape index (κ3) is 5.73. The Labute approximate surface area is 172 Å². The van der Waals surface area contributed by atoms with Gasteiger partial charge in [-0.3, -0.25) is 9.69 Å². The molecule has 0 aromatic heterocycles. The molecule has 1 atom stereocenters. The molecule has 3 rings (SSSR count). The van der Waals surface area contributed by atoms with Gasteiger partial charge in [-0.25, -0.2) is 0 Å². The summed E-state index contributed by atoms with van der Waals surface area (Å²) < 4.78 is 5.85. The van der Waals surface area contributed by atoms with E-state index in [4.69, 9.17) is 16.3 Å². The number of carbonyl (C=O) groups is 1. The van der Waals surface area contributed by atoms with Crippen molar-refractivity contribution in [2.45, 2.75) is 39.3 Å². The second-order valence-electron chi connectivity index (χ2n) is 7.63. The lowest BCUT2D eigenvalue weighted by molar-refractivity contribution is -0.127. The number of hydrogen-bond acceptors (Lipinski definition) is 3. The summed E-state index contributed by atoms with van der Waals surface area (Å²) >= 11 is 6.26. The van der Waals surface area contributed by atoms with Crippen molar-refractivity contribution in [1.29, 1.82) is 0 Å². The van der Waals surface area contributed by atoms with Gasteiger partial charge in [0.15, 0.2) is 0 Å². The second-order valence-corrected chi connectivity index (χ2v) is 8.04. The van der Waals surface area contributed by atoms with Crippen molar-refractivity contribution < 1.29 is 9.53 Å². The maximum atomic E-state index is 12.6. The van der Waals surface area contributed by atoms with E-state index in [-0.39, 0.29) is 17.9 Å². The van der Waals surface area contributed by atoms with Crippen molar-refractivity contribution in [2.24, 2.45) is 5.92 Å². The van der Waals surface area contributed by atoms with Crippen molar-refractivity contribution >= 4 is 17.5 Å². The number of aryl methyl sites for hydroxylation is 1. The SMILES string of the molecule is Cc1ccccc1OCC(C)NC(=O)C1CCN(Cc2ccccc2Cl)CC1. The van der Waals surface area contributed by atoms with Crippen molar-refractivity contribution in [1.82, 2.24) is 10.2 Å². The highest BCUT2D eigenvalue weighted by Crippen LogP contribution is 2.22. The van der Waals surface area contributed by atoms with Gasteiger partial charge in [0, 0.05) is 17.5 Å². The number of halogens is 1. The van der Waals surface area contributed by atoms with Crippen LogP contribution in [0.5, 0.6) is 5.75 Å². The van der Waals surface area contributed by atoms with Gasteiger partial charge in [-0.1, -0.05) is 48.0 Å². The van der Waals surface area contributed by atoms with Gasteiger partial charge in [0.2, 0.25) is 5.91 Å². The number of nitrogens with zero attached hydrogens (tertiary/aromatic N) is 1. The van der Waals surface area contributed by atoms with E-state index < -0.39 is 0 Å². The molecule has 5 heteroatoms. The van der Waals surface area contributed by atoms with Gasteiger partial charge < -0.3 is 10.1 Å². The zero-order valence-corrected chi connectivity index (χ0v) is 17.4. The smallest absolute Gasteiger partial charge is 0.223 e. The Morgan fingerprint density at radius 3 is 2.57 bits per heavy atom. The van der Waals surface area contributed by atoms with Gasteiger partial charge in [-0.15, -0.1) is 0 Å². The van der Waals surface area contributed by atoms with Crippen LogP contribution < -0.4 is 10.1 Å². The molecule has 1 saturated heterocycles. The molecule has 4 nitrogen and oxygen atoms in total. The van der Waals surface area contributed by atoms with Crippen molar-refractivity contribution in [3.05, 3.63) is 64.7 Å². The van der Waals surface area contributed by atoms with Crippen LogP contribution in [0.4, 0.5) is 0 Å². The average molecular weight is 401 g/mol. The Morgan fingerprint density at radius 2 is 1.86 bits per heavy atom. The standard InChI is InChI=1S/C23H29ClN2O2/c1-17-7-3-6-10-22(17)28-16-18(2)25-23(27)19-11-13-26(14-12-19)15-20-8-4-5-9-21(20)24/h3-10,18-19H,11-16H2,1-2H3,(H,25,27). The van der Waals surface area contributed by atoms with Gasteiger partial charge in [-0.2, -0.15) is 0 Å². The van der Waals surface area contributed by atoms with Crippen LogP contribution in [-0.4, -0.2) is 36.5 Å². The first-order valence-corrected chi connectivity index (χ1v) is 10.4. The van der Waals surface area contributed by atoms with Gasteiger partial charge in [0.25, 0.3) is 0 Å². The number of hydrogen-bond donors (Lipinski definition) is 1. The van der Waals surface area contributed by atoms with E-state index in [9.17, 15) is 4.79 Å². The van der Waals surface area contributed by atoms with Crippen molar-refractivity contribution in [2.75, 3.05) is 19.7 Å². The second kappa shape index (κ2) is 9.94. The number of nitrogens with one attached hydrogen (secondary N) is 1. The highest BCUT2D eigenvalue weighted by Gasteiger charge is 2.26. The maximum absolute atomic E-state index is 12.6. The first kappa shape index (κ1) is 20.7. The lowest BCUT2D eigenvalue weighted by Crippen LogP contribution is -2.44. The summed E-state index contributed by atoms with van der Waals surface area (Å²) in [4.78, 5) is 15.0. The summed E-state index contributed by atoms with van der Waals surface area (Å²) in [5, 5.41) is 3.92. The normalized spacial score (nSPS) is 16.5. The molecule has 1 unspecified atom stereocenters. The van der Waals surface area contributed by atoms with Crippen LogP contribution in [0.1, 0.15) is 30.9 Å². The Hall–Kier alpha value is -2.04. The fraction of sp³-hybridized carbons (Fsp3) is 0.435. The van der Waals surface area contributed by atoms with Crippen LogP contribution in [0.3, 0.4) is 0 Å². The lowest BCUT2D eigenvalue weighted by Gasteiger charge is -2.32. The minimum absolute atomic E-state index is 0.0201. The molecule has 1 N–H and O–H groups in total. The molecule has 150 valence electrons. The Bertz CT molecular complexity index is 788. The van der Waals surface area contributed by atoms with Crippen molar-refractivity contribution in [3.63, 3.8) is 0 Å². The molecular formula is C23H29ClN2O2. The first-order chi connectivity index (χ1) is 13.5. The topological polar surface area (TPSA) is 41.6 Å². The third-order valence-electron chi connectivity index (χ3n) is 5.28. The third-order valence-corrected chi connectivity index (χ3v) is 5.65. The van der Waals surface area contributed by atoms with Gasteiger partial charge in [0.05, 0.1) is 6.04 Å². The Balaban J connectivity index is 1.41. The number of rotatable bonds is 7. The molecule has 0 saturated carbocycles. The largest absolute Gasteiger partial charge is 0.491 e. The van der Waals surface area contributed by atoms with E-state index in [0.717, 1.165) is 54.4 Å². The molecule has 0 aliphatic carbocycles. The highest BCUT2D eigenvalue weighted by atomic mass is 35.5. The monoisotopic (exact) mass is 400 g/mol. The fourth-order valence-electron chi connectivity index (χ4n) is 3.56. The Kier molecular flexibility index (Phi) is 7.35. The first-order valence-electron chi connectivity index (χ1n) is 9.97. The van der Waals surface area contributed by atoms with Gasteiger partial charge in [-0.05, 0) is 63.0 Å². The number of amides is 1.